The Kier molecular flexibility index (Phi) is 3.91. The van der Waals surface area contributed by atoms with Crippen LogP contribution >= 0.6 is 0 Å². The van der Waals surface area contributed by atoms with Crippen LogP contribution in [-0.2, 0) is 0 Å². The van der Waals surface area contributed by atoms with Gasteiger partial charge in [-0.2, -0.15) is 0 Å². The summed E-state index contributed by atoms with van der Waals surface area (Å²) in [5, 5.41) is 2.84. The lowest BCUT2D eigenvalue weighted by molar-refractivity contribution is 0.0929. The quantitative estimate of drug-likeness (QED) is 0.775. The second-order valence-corrected chi connectivity index (χ2v) is 3.48. The lowest BCUT2D eigenvalue weighted by Gasteiger charge is -2.09. The molecule has 0 bridgehead atoms. The maximum absolute atomic E-state index is 12.8. The average Bonchev–Trinajstić information content (AvgIpc) is 2.15. The summed E-state index contributed by atoms with van der Waals surface area (Å²) in [4.78, 5) is 11.7. The Balaban J connectivity index is 2.90. The highest BCUT2D eigenvalue weighted by atomic mass is 19.1. The summed E-state index contributed by atoms with van der Waals surface area (Å²) in [5.74, 6) is -2.01. The number of hydrogen-bond donors (Lipinski definition) is 1. The molecular formula is C11H13F2NO. The molecule has 82 valence electrons. The first kappa shape index (κ1) is 11.8. The number of rotatable bonds is 4. The smallest absolute Gasteiger partial charge is 0.167 e. The van der Waals surface area contributed by atoms with Gasteiger partial charge < -0.3 is 5.32 Å². The van der Waals surface area contributed by atoms with Gasteiger partial charge >= 0.3 is 0 Å². The zero-order valence-electron chi connectivity index (χ0n) is 8.68. The first-order valence-corrected chi connectivity index (χ1v) is 4.69. The number of benzene rings is 1. The molecule has 0 radical (unpaired) electrons. The minimum absolute atomic E-state index is 0.0789. The van der Waals surface area contributed by atoms with E-state index in [0.29, 0.717) is 6.54 Å². The largest absolute Gasteiger partial charge is 0.319 e. The number of Topliss-reactive ketones (excluding diaryl/α,β-unsaturated/α-hetero) is 1. The van der Waals surface area contributed by atoms with E-state index in [4.69, 9.17) is 0 Å². The first-order chi connectivity index (χ1) is 7.04. The van der Waals surface area contributed by atoms with Crippen molar-refractivity contribution in [1.29, 1.82) is 0 Å². The van der Waals surface area contributed by atoms with Crippen LogP contribution in [0.1, 0.15) is 17.3 Å². The molecule has 15 heavy (non-hydrogen) atoms. The van der Waals surface area contributed by atoms with Crippen LogP contribution in [0.25, 0.3) is 0 Å². The highest BCUT2D eigenvalue weighted by Crippen LogP contribution is 2.12. The van der Waals surface area contributed by atoms with Crippen LogP contribution in [-0.4, -0.2) is 19.4 Å². The van der Waals surface area contributed by atoms with E-state index in [1.807, 2.05) is 0 Å². The van der Waals surface area contributed by atoms with E-state index in [1.54, 1.807) is 14.0 Å². The predicted octanol–water partition coefficient (Wildman–Crippen LogP) is 2.00. The van der Waals surface area contributed by atoms with Crippen molar-refractivity contribution in [3.8, 4) is 0 Å². The standard InChI is InChI=1S/C11H13F2NO/c1-7(6-14-2)11(15)8-3-9(12)5-10(13)4-8/h3-5,7,14H,6H2,1-2H3. The van der Waals surface area contributed by atoms with E-state index >= 15 is 0 Å². The third-order valence-electron chi connectivity index (χ3n) is 2.10. The lowest BCUT2D eigenvalue weighted by Crippen LogP contribution is -2.23. The van der Waals surface area contributed by atoms with Gasteiger partial charge in [0.05, 0.1) is 0 Å². The fraction of sp³-hybridized carbons (Fsp3) is 0.364. The number of carbonyl (C=O) groups is 1. The van der Waals surface area contributed by atoms with Crippen molar-refractivity contribution in [1.82, 2.24) is 5.32 Å². The van der Waals surface area contributed by atoms with Crippen molar-refractivity contribution in [3.63, 3.8) is 0 Å². The molecule has 0 fully saturated rings. The molecule has 0 saturated heterocycles. The van der Waals surface area contributed by atoms with E-state index in [2.05, 4.69) is 5.32 Å². The Hall–Kier alpha value is -1.29. The molecule has 1 atom stereocenters. The number of carbonyl (C=O) groups excluding carboxylic acids is 1. The third kappa shape index (κ3) is 3.09. The van der Waals surface area contributed by atoms with Gasteiger partial charge in [0.2, 0.25) is 0 Å². The molecule has 1 unspecified atom stereocenters. The van der Waals surface area contributed by atoms with Gasteiger partial charge in [-0.1, -0.05) is 6.92 Å². The number of nitrogens with one attached hydrogen (secondary N) is 1. The number of hydrogen-bond acceptors (Lipinski definition) is 2. The molecule has 0 heterocycles. The number of halogens is 2. The van der Waals surface area contributed by atoms with E-state index in [1.165, 1.54) is 0 Å². The molecule has 1 aromatic carbocycles. The minimum Gasteiger partial charge on any atom is -0.319 e. The SMILES string of the molecule is CNCC(C)C(=O)c1cc(F)cc(F)c1. The van der Waals surface area contributed by atoms with Crippen LogP contribution in [0.15, 0.2) is 18.2 Å². The molecule has 4 heteroatoms. The van der Waals surface area contributed by atoms with Crippen molar-refractivity contribution < 1.29 is 13.6 Å². The fourth-order valence-electron chi connectivity index (χ4n) is 1.38. The van der Waals surface area contributed by atoms with Crippen molar-refractivity contribution in [2.24, 2.45) is 5.92 Å². The Morgan fingerprint density at radius 1 is 1.33 bits per heavy atom. The summed E-state index contributed by atoms with van der Waals surface area (Å²) in [6.07, 6.45) is 0. The summed E-state index contributed by atoms with van der Waals surface area (Å²) < 4.78 is 25.7. The maximum atomic E-state index is 12.8. The van der Waals surface area contributed by atoms with Crippen LogP contribution < -0.4 is 5.32 Å². The minimum atomic E-state index is -0.727. The zero-order valence-corrected chi connectivity index (χ0v) is 8.68. The Labute approximate surface area is 87.3 Å². The topological polar surface area (TPSA) is 29.1 Å². The van der Waals surface area contributed by atoms with Gasteiger partial charge in [-0.25, -0.2) is 8.78 Å². The van der Waals surface area contributed by atoms with Crippen LogP contribution in [0.4, 0.5) is 8.78 Å². The highest BCUT2D eigenvalue weighted by Gasteiger charge is 2.15. The molecule has 0 aromatic heterocycles. The van der Waals surface area contributed by atoms with E-state index in [0.717, 1.165) is 18.2 Å². The van der Waals surface area contributed by atoms with E-state index in [-0.39, 0.29) is 17.3 Å². The predicted molar refractivity (Wildman–Crippen MR) is 53.8 cm³/mol. The van der Waals surface area contributed by atoms with Gasteiger partial charge in [-0.05, 0) is 19.2 Å². The van der Waals surface area contributed by atoms with Crippen LogP contribution in [0.3, 0.4) is 0 Å². The van der Waals surface area contributed by atoms with Crippen molar-refractivity contribution in [3.05, 3.63) is 35.4 Å². The molecule has 0 saturated carbocycles. The monoisotopic (exact) mass is 213 g/mol. The summed E-state index contributed by atoms with van der Waals surface area (Å²) in [6.45, 7) is 2.19. The second-order valence-electron chi connectivity index (χ2n) is 3.48. The zero-order chi connectivity index (χ0) is 11.4. The average molecular weight is 213 g/mol. The number of ketones is 1. The summed E-state index contributed by atoms with van der Waals surface area (Å²) in [6, 6.07) is 2.86. The normalized spacial score (nSPS) is 12.5. The molecule has 0 aliphatic carbocycles. The van der Waals surface area contributed by atoms with Crippen LogP contribution in [0.5, 0.6) is 0 Å². The van der Waals surface area contributed by atoms with Crippen molar-refractivity contribution >= 4 is 5.78 Å². The van der Waals surface area contributed by atoms with E-state index < -0.39 is 11.6 Å². The van der Waals surface area contributed by atoms with Gasteiger partial charge in [-0.3, -0.25) is 4.79 Å². The van der Waals surface area contributed by atoms with Crippen LogP contribution in [0, 0.1) is 17.6 Å². The highest BCUT2D eigenvalue weighted by molar-refractivity contribution is 5.97. The Morgan fingerprint density at radius 3 is 2.33 bits per heavy atom. The van der Waals surface area contributed by atoms with Gasteiger partial charge in [0.1, 0.15) is 11.6 Å². The second kappa shape index (κ2) is 4.98. The van der Waals surface area contributed by atoms with Gasteiger partial charge in [0.15, 0.2) is 5.78 Å². The van der Waals surface area contributed by atoms with E-state index in [9.17, 15) is 13.6 Å². The molecule has 0 aliphatic heterocycles. The molecule has 0 aliphatic rings. The third-order valence-corrected chi connectivity index (χ3v) is 2.10. The molecule has 1 N–H and O–H groups in total. The lowest BCUT2D eigenvalue weighted by atomic mass is 9.99. The maximum Gasteiger partial charge on any atom is 0.167 e. The fourth-order valence-corrected chi connectivity index (χ4v) is 1.38. The molecule has 0 spiro atoms. The Morgan fingerprint density at radius 2 is 1.87 bits per heavy atom. The molecular weight excluding hydrogens is 200 g/mol. The molecule has 1 aromatic rings. The summed E-state index contributed by atoms with van der Waals surface area (Å²) in [5.41, 5.74) is 0.0789. The summed E-state index contributed by atoms with van der Waals surface area (Å²) >= 11 is 0. The van der Waals surface area contributed by atoms with Gasteiger partial charge in [0.25, 0.3) is 0 Å². The summed E-state index contributed by atoms with van der Waals surface area (Å²) in [7, 11) is 1.72. The van der Waals surface area contributed by atoms with Crippen molar-refractivity contribution in [2.45, 2.75) is 6.92 Å². The Bertz CT molecular complexity index is 345. The van der Waals surface area contributed by atoms with Gasteiger partial charge in [0, 0.05) is 24.1 Å². The van der Waals surface area contributed by atoms with Crippen LogP contribution in [0.2, 0.25) is 0 Å². The molecule has 0 amide bonds. The molecule has 2 nitrogen and oxygen atoms in total. The first-order valence-electron chi connectivity index (χ1n) is 4.69. The van der Waals surface area contributed by atoms with Gasteiger partial charge in [-0.15, -0.1) is 0 Å². The molecule has 1 rings (SSSR count). The van der Waals surface area contributed by atoms with Crippen molar-refractivity contribution in [2.75, 3.05) is 13.6 Å².